The van der Waals surface area contributed by atoms with Crippen LogP contribution in [0, 0.1) is 0 Å². The fourth-order valence-corrected chi connectivity index (χ4v) is 2.89. The molecule has 0 spiro atoms. The van der Waals surface area contributed by atoms with Crippen LogP contribution < -0.4 is 5.32 Å². The normalized spacial score (nSPS) is 16.8. The van der Waals surface area contributed by atoms with E-state index in [9.17, 15) is 4.79 Å². The van der Waals surface area contributed by atoms with E-state index in [-0.39, 0.29) is 5.24 Å². The first-order valence-corrected chi connectivity index (χ1v) is 7.33. The van der Waals surface area contributed by atoms with Crippen LogP contribution in [-0.2, 0) is 0 Å². The highest BCUT2D eigenvalue weighted by atomic mass is 35.5. The molecule has 1 aliphatic rings. The second-order valence-electron chi connectivity index (χ2n) is 4.06. The summed E-state index contributed by atoms with van der Waals surface area (Å²) >= 11 is 12.0. The zero-order chi connectivity index (χ0) is 14.1. The van der Waals surface area contributed by atoms with Crippen LogP contribution >= 0.6 is 35.6 Å². The molecule has 0 unspecified atom stereocenters. The Morgan fingerprint density at radius 2 is 1.95 bits per heavy atom. The molecule has 6 heteroatoms. The van der Waals surface area contributed by atoms with Gasteiger partial charge < -0.3 is 9.73 Å². The molecule has 1 saturated heterocycles. The van der Waals surface area contributed by atoms with Gasteiger partial charge in [0.2, 0.25) is 0 Å². The van der Waals surface area contributed by atoms with Crippen molar-refractivity contribution in [2.24, 2.45) is 0 Å². The van der Waals surface area contributed by atoms with Gasteiger partial charge in [0, 0.05) is 10.6 Å². The molecule has 0 aliphatic carbocycles. The van der Waals surface area contributed by atoms with Crippen LogP contribution in [0.1, 0.15) is 5.76 Å². The minimum atomic E-state index is -0.161. The van der Waals surface area contributed by atoms with Gasteiger partial charge in [-0.05, 0) is 54.2 Å². The van der Waals surface area contributed by atoms with E-state index in [1.807, 2.05) is 36.4 Å². The van der Waals surface area contributed by atoms with E-state index in [2.05, 4.69) is 5.32 Å². The Kier molecular flexibility index (Phi) is 3.65. The van der Waals surface area contributed by atoms with E-state index in [4.69, 9.17) is 28.2 Å². The first-order valence-electron chi connectivity index (χ1n) is 5.72. The van der Waals surface area contributed by atoms with Crippen LogP contribution in [0.5, 0.6) is 0 Å². The predicted molar refractivity (Wildman–Crippen MR) is 85.9 cm³/mol. The molecule has 0 atom stereocenters. The van der Waals surface area contributed by atoms with E-state index in [1.54, 1.807) is 6.08 Å². The highest BCUT2D eigenvalue weighted by Gasteiger charge is 2.21. The first kappa shape index (κ1) is 13.4. The van der Waals surface area contributed by atoms with Crippen molar-refractivity contribution in [3.63, 3.8) is 0 Å². The van der Waals surface area contributed by atoms with Crippen LogP contribution in [0.3, 0.4) is 0 Å². The minimum Gasteiger partial charge on any atom is -0.457 e. The van der Waals surface area contributed by atoms with Crippen molar-refractivity contribution in [3.05, 3.63) is 52.1 Å². The molecule has 0 saturated carbocycles. The summed E-state index contributed by atoms with van der Waals surface area (Å²) in [4.78, 5) is 12.3. The first-order chi connectivity index (χ1) is 9.61. The minimum absolute atomic E-state index is 0.161. The fourth-order valence-electron chi connectivity index (χ4n) is 1.75. The molecule has 3 rings (SSSR count). The quantitative estimate of drug-likeness (QED) is 0.641. The SMILES string of the molecule is O=C1NC(=S)/C(=C\c2ccc(-c3ccc(Cl)cc3)o2)S1. The third-order valence-electron chi connectivity index (χ3n) is 2.67. The molecule has 1 amide bonds. The molecule has 1 aromatic heterocycles. The molecule has 1 N–H and O–H groups in total. The standard InChI is InChI=1S/C14H8ClNO2S2/c15-9-3-1-8(2-4-9)11-6-5-10(18-11)7-12-13(19)16-14(17)20-12/h1-7H,(H,16,17,19)/b12-7+. The third-order valence-corrected chi connectivity index (χ3v) is 4.20. The number of benzene rings is 1. The summed E-state index contributed by atoms with van der Waals surface area (Å²) < 4.78 is 5.72. The number of halogens is 1. The topological polar surface area (TPSA) is 42.2 Å². The van der Waals surface area contributed by atoms with E-state index in [0.29, 0.717) is 20.7 Å². The van der Waals surface area contributed by atoms with Gasteiger partial charge in [-0.2, -0.15) is 0 Å². The Morgan fingerprint density at radius 3 is 2.60 bits per heavy atom. The van der Waals surface area contributed by atoms with Gasteiger partial charge in [0.15, 0.2) is 0 Å². The molecule has 2 heterocycles. The number of rotatable bonds is 2. The van der Waals surface area contributed by atoms with Gasteiger partial charge in [-0.1, -0.05) is 23.8 Å². The highest BCUT2D eigenvalue weighted by Crippen LogP contribution is 2.29. The van der Waals surface area contributed by atoms with Gasteiger partial charge in [-0.25, -0.2) is 0 Å². The monoisotopic (exact) mass is 321 g/mol. The number of carbonyl (C=O) groups is 1. The molecular weight excluding hydrogens is 314 g/mol. The molecule has 1 aliphatic heterocycles. The molecule has 0 bridgehead atoms. The zero-order valence-electron chi connectivity index (χ0n) is 10.1. The van der Waals surface area contributed by atoms with Crippen molar-refractivity contribution in [1.29, 1.82) is 0 Å². The van der Waals surface area contributed by atoms with Gasteiger partial charge in [-0.3, -0.25) is 4.79 Å². The zero-order valence-corrected chi connectivity index (χ0v) is 12.4. The van der Waals surface area contributed by atoms with E-state index >= 15 is 0 Å². The number of thiocarbonyl (C=S) groups is 1. The Labute approximate surface area is 130 Å². The van der Waals surface area contributed by atoms with Crippen molar-refractivity contribution >= 4 is 51.9 Å². The van der Waals surface area contributed by atoms with Crippen LogP contribution in [0.15, 0.2) is 45.7 Å². The maximum absolute atomic E-state index is 11.2. The number of carbonyl (C=O) groups excluding carboxylic acids is 1. The van der Waals surface area contributed by atoms with Gasteiger partial charge in [0.25, 0.3) is 5.24 Å². The number of furan rings is 1. The summed E-state index contributed by atoms with van der Waals surface area (Å²) in [5, 5.41) is 3.08. The molecule has 2 aromatic rings. The van der Waals surface area contributed by atoms with Crippen molar-refractivity contribution in [2.45, 2.75) is 0 Å². The summed E-state index contributed by atoms with van der Waals surface area (Å²) in [6, 6.07) is 11.1. The molecule has 3 nitrogen and oxygen atoms in total. The summed E-state index contributed by atoms with van der Waals surface area (Å²) in [5.41, 5.74) is 0.940. The number of hydrogen-bond acceptors (Lipinski definition) is 4. The van der Waals surface area contributed by atoms with Gasteiger partial charge in [0.05, 0.1) is 4.91 Å². The largest absolute Gasteiger partial charge is 0.457 e. The number of amides is 1. The lowest BCUT2D eigenvalue weighted by atomic mass is 10.2. The van der Waals surface area contributed by atoms with Crippen molar-refractivity contribution in [3.8, 4) is 11.3 Å². The van der Waals surface area contributed by atoms with E-state index in [1.165, 1.54) is 0 Å². The third kappa shape index (κ3) is 2.80. The summed E-state index contributed by atoms with van der Waals surface area (Å²) in [7, 11) is 0. The second-order valence-corrected chi connectivity index (χ2v) is 5.92. The van der Waals surface area contributed by atoms with E-state index in [0.717, 1.165) is 23.1 Å². The van der Waals surface area contributed by atoms with Crippen molar-refractivity contribution in [2.75, 3.05) is 0 Å². The van der Waals surface area contributed by atoms with Crippen molar-refractivity contribution in [1.82, 2.24) is 5.32 Å². The van der Waals surface area contributed by atoms with Crippen molar-refractivity contribution < 1.29 is 9.21 Å². The average Bonchev–Trinajstić information content (AvgIpc) is 2.98. The molecule has 100 valence electrons. The Bertz CT molecular complexity index is 719. The molecule has 0 radical (unpaired) electrons. The lowest BCUT2D eigenvalue weighted by Gasteiger charge is -1.97. The Balaban J connectivity index is 1.87. The maximum Gasteiger partial charge on any atom is 0.289 e. The number of nitrogens with one attached hydrogen (secondary N) is 1. The lowest BCUT2D eigenvalue weighted by molar-refractivity contribution is 0.265. The average molecular weight is 322 g/mol. The summed E-state index contributed by atoms with van der Waals surface area (Å²) in [6.45, 7) is 0. The maximum atomic E-state index is 11.2. The predicted octanol–water partition coefficient (Wildman–Crippen LogP) is 4.72. The highest BCUT2D eigenvalue weighted by molar-refractivity contribution is 8.19. The Morgan fingerprint density at radius 1 is 1.20 bits per heavy atom. The lowest BCUT2D eigenvalue weighted by Crippen LogP contribution is -2.15. The Hall–Kier alpha value is -1.56. The van der Waals surface area contributed by atoms with Crippen LogP contribution in [-0.4, -0.2) is 10.2 Å². The smallest absolute Gasteiger partial charge is 0.289 e. The molecule has 20 heavy (non-hydrogen) atoms. The number of hydrogen-bond donors (Lipinski definition) is 1. The van der Waals surface area contributed by atoms with Gasteiger partial charge in [-0.15, -0.1) is 0 Å². The van der Waals surface area contributed by atoms with E-state index < -0.39 is 0 Å². The van der Waals surface area contributed by atoms with Gasteiger partial charge >= 0.3 is 0 Å². The van der Waals surface area contributed by atoms with Crippen LogP contribution in [0.2, 0.25) is 5.02 Å². The summed E-state index contributed by atoms with van der Waals surface area (Å²) in [6.07, 6.45) is 1.75. The second kappa shape index (κ2) is 5.44. The molecular formula is C14H8ClNO2S2. The number of thioether (sulfide) groups is 1. The van der Waals surface area contributed by atoms with Crippen LogP contribution in [0.4, 0.5) is 4.79 Å². The molecule has 1 fully saturated rings. The molecule has 1 aromatic carbocycles. The van der Waals surface area contributed by atoms with Gasteiger partial charge in [0.1, 0.15) is 16.5 Å². The summed E-state index contributed by atoms with van der Waals surface area (Å²) in [5.74, 6) is 1.39. The van der Waals surface area contributed by atoms with Crippen LogP contribution in [0.25, 0.3) is 17.4 Å². The fraction of sp³-hybridized carbons (Fsp3) is 0.